The summed E-state index contributed by atoms with van der Waals surface area (Å²) in [5, 5.41) is 0. The van der Waals surface area contributed by atoms with Gasteiger partial charge in [0.05, 0.1) is 18.1 Å². The lowest BCUT2D eigenvalue weighted by molar-refractivity contribution is 0.123. The van der Waals surface area contributed by atoms with Crippen LogP contribution in [-0.2, 0) is 27.8 Å². The number of ether oxygens (including phenoxy) is 1. The zero-order valence-electron chi connectivity index (χ0n) is 13.2. The molecule has 3 rings (SSSR count). The van der Waals surface area contributed by atoms with E-state index in [9.17, 15) is 8.42 Å². The van der Waals surface area contributed by atoms with E-state index in [-0.39, 0.29) is 0 Å². The van der Waals surface area contributed by atoms with Crippen LogP contribution in [0.2, 0.25) is 0 Å². The van der Waals surface area contributed by atoms with Gasteiger partial charge in [0.2, 0.25) is 10.0 Å². The Morgan fingerprint density at radius 3 is 2.52 bits per heavy atom. The molecule has 0 amide bonds. The van der Waals surface area contributed by atoms with Crippen molar-refractivity contribution < 1.29 is 13.2 Å². The first kappa shape index (κ1) is 16.2. The van der Waals surface area contributed by atoms with Gasteiger partial charge in [-0.3, -0.25) is 0 Å². The molecule has 2 aromatic rings. The van der Waals surface area contributed by atoms with Crippen LogP contribution in [0.1, 0.15) is 16.7 Å². The number of aryl methyl sites for hydroxylation is 1. The molecule has 1 aliphatic heterocycles. The van der Waals surface area contributed by atoms with Crippen molar-refractivity contribution in [3.8, 4) is 0 Å². The van der Waals surface area contributed by atoms with E-state index in [1.165, 1.54) is 4.31 Å². The molecule has 0 atom stereocenters. The molecule has 1 fully saturated rings. The molecule has 122 valence electrons. The molecular weight excluding hydrogens is 310 g/mol. The summed E-state index contributed by atoms with van der Waals surface area (Å²) < 4.78 is 32.1. The van der Waals surface area contributed by atoms with Gasteiger partial charge >= 0.3 is 0 Å². The summed E-state index contributed by atoms with van der Waals surface area (Å²) >= 11 is 0. The largest absolute Gasteiger partial charge is 0.376 e. The highest BCUT2D eigenvalue weighted by atomic mass is 32.2. The quantitative estimate of drug-likeness (QED) is 0.579. The van der Waals surface area contributed by atoms with Crippen LogP contribution < -0.4 is 0 Å². The van der Waals surface area contributed by atoms with E-state index in [1.54, 1.807) is 6.07 Å². The minimum Gasteiger partial charge on any atom is -0.376 e. The first-order valence-corrected chi connectivity index (χ1v) is 9.23. The minimum atomic E-state index is -3.32. The Balaban J connectivity index is 1.66. The molecule has 0 saturated carbocycles. The van der Waals surface area contributed by atoms with Gasteiger partial charge in [-0.15, -0.1) is 0 Å². The minimum absolute atomic E-state index is 0.420. The number of benzene rings is 2. The van der Waals surface area contributed by atoms with Crippen LogP contribution in [-0.4, -0.2) is 32.4 Å². The van der Waals surface area contributed by atoms with Crippen molar-refractivity contribution in [2.45, 2.75) is 24.8 Å². The SMILES string of the molecule is Cc1ccc(S(=O)(=O)N2CC2)c(CCOCc2ccccc2)c1. The fourth-order valence-electron chi connectivity index (χ4n) is 2.52. The van der Waals surface area contributed by atoms with Gasteiger partial charge in [-0.2, -0.15) is 4.31 Å². The normalized spacial score (nSPS) is 14.8. The first-order chi connectivity index (χ1) is 11.1. The predicted octanol–water partition coefficient (Wildman–Crippen LogP) is 2.76. The van der Waals surface area contributed by atoms with Crippen molar-refractivity contribution in [2.75, 3.05) is 19.7 Å². The van der Waals surface area contributed by atoms with E-state index >= 15 is 0 Å². The topological polar surface area (TPSA) is 46.4 Å². The van der Waals surface area contributed by atoms with Gasteiger partial charge in [0.25, 0.3) is 0 Å². The van der Waals surface area contributed by atoms with E-state index in [4.69, 9.17) is 4.74 Å². The van der Waals surface area contributed by atoms with Crippen LogP contribution in [0.4, 0.5) is 0 Å². The van der Waals surface area contributed by atoms with Crippen LogP contribution in [0.15, 0.2) is 53.4 Å². The van der Waals surface area contributed by atoms with Gasteiger partial charge in [-0.25, -0.2) is 8.42 Å². The second-order valence-corrected chi connectivity index (χ2v) is 7.71. The van der Waals surface area contributed by atoms with Gasteiger partial charge in [-0.1, -0.05) is 48.0 Å². The molecule has 1 saturated heterocycles. The van der Waals surface area contributed by atoms with Gasteiger partial charge in [-0.05, 0) is 30.5 Å². The molecule has 0 spiro atoms. The van der Waals surface area contributed by atoms with Crippen molar-refractivity contribution in [1.29, 1.82) is 0 Å². The number of sulfonamides is 1. The maximum absolute atomic E-state index is 12.5. The summed E-state index contributed by atoms with van der Waals surface area (Å²) in [5.74, 6) is 0. The summed E-state index contributed by atoms with van der Waals surface area (Å²) in [6, 6.07) is 15.5. The van der Waals surface area contributed by atoms with Crippen molar-refractivity contribution in [3.63, 3.8) is 0 Å². The maximum Gasteiger partial charge on any atom is 0.243 e. The monoisotopic (exact) mass is 331 g/mol. The number of nitrogens with zero attached hydrogens (tertiary/aromatic N) is 1. The fraction of sp³-hybridized carbons (Fsp3) is 0.333. The molecule has 0 aromatic heterocycles. The van der Waals surface area contributed by atoms with E-state index in [2.05, 4.69) is 0 Å². The molecule has 1 heterocycles. The zero-order valence-corrected chi connectivity index (χ0v) is 14.1. The van der Waals surface area contributed by atoms with Crippen LogP contribution >= 0.6 is 0 Å². The maximum atomic E-state index is 12.5. The Labute approximate surface area is 137 Å². The van der Waals surface area contributed by atoms with E-state index < -0.39 is 10.0 Å². The van der Waals surface area contributed by atoms with E-state index in [0.717, 1.165) is 16.7 Å². The summed E-state index contributed by atoms with van der Waals surface area (Å²) in [4.78, 5) is 0.420. The van der Waals surface area contributed by atoms with Crippen molar-refractivity contribution in [2.24, 2.45) is 0 Å². The Morgan fingerprint density at radius 1 is 1.09 bits per heavy atom. The molecule has 5 heteroatoms. The van der Waals surface area contributed by atoms with E-state index in [0.29, 0.717) is 37.6 Å². The molecule has 0 N–H and O–H groups in total. The smallest absolute Gasteiger partial charge is 0.243 e. The fourth-order valence-corrected chi connectivity index (χ4v) is 4.09. The molecule has 4 nitrogen and oxygen atoms in total. The third-order valence-corrected chi connectivity index (χ3v) is 5.87. The van der Waals surface area contributed by atoms with Crippen molar-refractivity contribution in [1.82, 2.24) is 4.31 Å². The molecule has 0 unspecified atom stereocenters. The molecule has 2 aromatic carbocycles. The molecule has 0 radical (unpaired) electrons. The van der Waals surface area contributed by atoms with Gasteiger partial charge in [0.1, 0.15) is 0 Å². The second kappa shape index (κ2) is 6.83. The van der Waals surface area contributed by atoms with Crippen LogP contribution in [0.5, 0.6) is 0 Å². The van der Waals surface area contributed by atoms with Crippen LogP contribution in [0.3, 0.4) is 0 Å². The summed E-state index contributed by atoms with van der Waals surface area (Å²) in [7, 11) is -3.32. The standard InChI is InChI=1S/C18H21NO3S/c1-15-7-8-18(23(20,21)19-10-11-19)17(13-15)9-12-22-14-16-5-3-2-4-6-16/h2-8,13H,9-12,14H2,1H3. The lowest BCUT2D eigenvalue weighted by Crippen LogP contribution is -2.15. The lowest BCUT2D eigenvalue weighted by Gasteiger charge is -2.12. The molecule has 0 bridgehead atoms. The zero-order chi connectivity index (χ0) is 16.3. The summed E-state index contributed by atoms with van der Waals surface area (Å²) in [6.07, 6.45) is 0.594. The lowest BCUT2D eigenvalue weighted by atomic mass is 10.1. The predicted molar refractivity (Wildman–Crippen MR) is 89.7 cm³/mol. The molecule has 0 aliphatic carbocycles. The highest BCUT2D eigenvalue weighted by Crippen LogP contribution is 2.26. The van der Waals surface area contributed by atoms with Crippen LogP contribution in [0.25, 0.3) is 0 Å². The van der Waals surface area contributed by atoms with Gasteiger partial charge in [0, 0.05) is 13.1 Å². The van der Waals surface area contributed by atoms with Gasteiger partial charge in [0.15, 0.2) is 0 Å². The summed E-state index contributed by atoms with van der Waals surface area (Å²) in [6.45, 7) is 4.27. The highest BCUT2D eigenvalue weighted by Gasteiger charge is 2.34. The van der Waals surface area contributed by atoms with Crippen molar-refractivity contribution in [3.05, 3.63) is 65.2 Å². The molecular formula is C18H21NO3S. The van der Waals surface area contributed by atoms with Gasteiger partial charge < -0.3 is 4.74 Å². The van der Waals surface area contributed by atoms with E-state index in [1.807, 2.05) is 49.4 Å². The Bertz CT molecular complexity index is 768. The Kier molecular flexibility index (Phi) is 4.80. The second-order valence-electron chi connectivity index (χ2n) is 5.80. The molecule has 23 heavy (non-hydrogen) atoms. The Morgan fingerprint density at radius 2 is 1.83 bits per heavy atom. The molecule has 1 aliphatic rings. The third-order valence-electron chi connectivity index (χ3n) is 3.87. The highest BCUT2D eigenvalue weighted by molar-refractivity contribution is 7.89. The van der Waals surface area contributed by atoms with Crippen molar-refractivity contribution >= 4 is 10.0 Å². The number of hydrogen-bond donors (Lipinski definition) is 0. The summed E-state index contributed by atoms with van der Waals surface area (Å²) in [5.41, 5.74) is 3.02. The number of rotatable bonds is 7. The third kappa shape index (κ3) is 3.99. The Hall–Kier alpha value is -1.69. The van der Waals surface area contributed by atoms with Crippen LogP contribution in [0, 0.1) is 6.92 Å². The first-order valence-electron chi connectivity index (χ1n) is 7.79. The average molecular weight is 331 g/mol. The number of hydrogen-bond acceptors (Lipinski definition) is 3. The average Bonchev–Trinajstić information content (AvgIpc) is 3.38.